The van der Waals surface area contributed by atoms with E-state index < -0.39 is 29.3 Å². The van der Waals surface area contributed by atoms with Crippen molar-refractivity contribution in [1.82, 2.24) is 0 Å². The van der Waals surface area contributed by atoms with Crippen LogP contribution in [0.5, 0.6) is 5.75 Å². The molecular formula is C20H17F5O2. The molecule has 0 radical (unpaired) electrons. The molecule has 1 fully saturated rings. The molecule has 144 valence electrons. The summed E-state index contributed by atoms with van der Waals surface area (Å²) in [5.41, 5.74) is -0.0649. The van der Waals surface area contributed by atoms with Gasteiger partial charge in [0.25, 0.3) is 0 Å². The van der Waals surface area contributed by atoms with E-state index in [0.29, 0.717) is 16.9 Å². The number of fused-ring (bicyclic) bond motifs is 3. The lowest BCUT2D eigenvalue weighted by atomic mass is 9.79. The van der Waals surface area contributed by atoms with Gasteiger partial charge in [-0.2, -0.15) is 4.39 Å². The molecule has 0 N–H and O–H groups in total. The van der Waals surface area contributed by atoms with Gasteiger partial charge in [-0.05, 0) is 48.4 Å². The number of furan rings is 1. The third-order valence-corrected chi connectivity index (χ3v) is 5.36. The van der Waals surface area contributed by atoms with E-state index in [1.807, 2.05) is 0 Å². The molecule has 2 nitrogen and oxygen atoms in total. The second kappa shape index (κ2) is 6.39. The third-order valence-electron chi connectivity index (χ3n) is 5.36. The van der Waals surface area contributed by atoms with Crippen LogP contribution in [0, 0.1) is 17.6 Å². The Bertz CT molecular complexity index is 997. The van der Waals surface area contributed by atoms with Crippen LogP contribution in [0.1, 0.15) is 44.1 Å². The Morgan fingerprint density at radius 3 is 2.11 bits per heavy atom. The van der Waals surface area contributed by atoms with Crippen molar-refractivity contribution >= 4 is 21.9 Å². The number of rotatable bonds is 2. The molecule has 27 heavy (non-hydrogen) atoms. The molecule has 0 saturated heterocycles. The molecule has 1 aliphatic rings. The topological polar surface area (TPSA) is 22.4 Å². The van der Waals surface area contributed by atoms with E-state index in [4.69, 9.17) is 4.42 Å². The monoisotopic (exact) mass is 384 g/mol. The lowest BCUT2D eigenvalue weighted by Gasteiger charge is -2.26. The molecule has 0 aliphatic heterocycles. The SMILES string of the molecule is CC1CCC(c2ccc3c(oc4c(F)c(OC(F)(F)F)ccc43)c2F)CC1. The largest absolute Gasteiger partial charge is 0.573 e. The normalized spacial score (nSPS) is 21.1. The molecule has 1 heterocycles. The molecule has 0 bridgehead atoms. The van der Waals surface area contributed by atoms with E-state index in [1.54, 1.807) is 12.1 Å². The number of benzene rings is 2. The lowest BCUT2D eigenvalue weighted by Crippen LogP contribution is -2.17. The smallest absolute Gasteiger partial charge is 0.450 e. The van der Waals surface area contributed by atoms with Crippen molar-refractivity contribution < 1.29 is 31.1 Å². The number of alkyl halides is 3. The van der Waals surface area contributed by atoms with Gasteiger partial charge in [0, 0.05) is 10.8 Å². The van der Waals surface area contributed by atoms with Gasteiger partial charge >= 0.3 is 6.36 Å². The van der Waals surface area contributed by atoms with Crippen LogP contribution in [0.4, 0.5) is 22.0 Å². The molecule has 0 spiro atoms. The fraction of sp³-hybridized carbons (Fsp3) is 0.400. The standard InChI is InChI=1S/C20H17F5O2/c1-10-2-4-11(5-3-10)12-6-7-13-14-8-9-15(27-20(23,24)25)17(22)19(14)26-18(13)16(12)21/h6-11H,2-5H2,1H3. The van der Waals surface area contributed by atoms with Gasteiger partial charge in [-0.25, -0.2) is 4.39 Å². The van der Waals surface area contributed by atoms with Gasteiger partial charge < -0.3 is 9.15 Å². The first-order chi connectivity index (χ1) is 12.7. The fourth-order valence-electron chi connectivity index (χ4n) is 3.92. The van der Waals surface area contributed by atoms with Crippen LogP contribution >= 0.6 is 0 Å². The summed E-state index contributed by atoms with van der Waals surface area (Å²) in [6, 6.07) is 5.42. The van der Waals surface area contributed by atoms with Gasteiger partial charge in [0.2, 0.25) is 5.82 Å². The first kappa shape index (κ1) is 18.1. The lowest BCUT2D eigenvalue weighted by molar-refractivity contribution is -0.275. The molecule has 3 aromatic rings. The second-order valence-electron chi connectivity index (χ2n) is 7.21. The van der Waals surface area contributed by atoms with E-state index in [-0.39, 0.29) is 16.9 Å². The maximum atomic E-state index is 15.1. The molecule has 0 atom stereocenters. The summed E-state index contributed by atoms with van der Waals surface area (Å²) in [6.45, 7) is 2.17. The first-order valence-corrected chi connectivity index (χ1v) is 8.83. The van der Waals surface area contributed by atoms with Gasteiger partial charge in [0.1, 0.15) is 0 Å². The summed E-state index contributed by atoms with van der Waals surface area (Å²) in [5, 5.41) is 0.535. The predicted molar refractivity (Wildman–Crippen MR) is 90.7 cm³/mol. The summed E-state index contributed by atoms with van der Waals surface area (Å²) in [6.07, 6.45) is -1.29. The molecular weight excluding hydrogens is 367 g/mol. The van der Waals surface area contributed by atoms with Crippen LogP contribution in [0.3, 0.4) is 0 Å². The number of hydrogen-bond donors (Lipinski definition) is 0. The van der Waals surface area contributed by atoms with Crippen molar-refractivity contribution in [3.05, 3.63) is 41.5 Å². The predicted octanol–water partition coefficient (Wildman–Crippen LogP) is 7.06. The highest BCUT2D eigenvalue weighted by atomic mass is 19.4. The average Bonchev–Trinajstić information content (AvgIpc) is 2.98. The van der Waals surface area contributed by atoms with Crippen molar-refractivity contribution in [2.75, 3.05) is 0 Å². The number of halogens is 5. The highest BCUT2D eigenvalue weighted by Gasteiger charge is 2.33. The van der Waals surface area contributed by atoms with Crippen molar-refractivity contribution in [2.45, 2.75) is 44.9 Å². The zero-order valence-corrected chi connectivity index (χ0v) is 14.5. The van der Waals surface area contributed by atoms with E-state index in [1.165, 1.54) is 6.07 Å². The quantitative estimate of drug-likeness (QED) is 0.442. The Hall–Kier alpha value is -2.31. The molecule has 7 heteroatoms. The summed E-state index contributed by atoms with van der Waals surface area (Å²) in [7, 11) is 0. The van der Waals surface area contributed by atoms with Gasteiger partial charge in [-0.1, -0.05) is 25.8 Å². The van der Waals surface area contributed by atoms with Crippen LogP contribution in [0.15, 0.2) is 28.7 Å². The Balaban J connectivity index is 1.81. The number of ether oxygens (including phenoxy) is 1. The van der Waals surface area contributed by atoms with Crippen LogP contribution in [0.2, 0.25) is 0 Å². The highest BCUT2D eigenvalue weighted by molar-refractivity contribution is 6.05. The zero-order valence-electron chi connectivity index (χ0n) is 14.5. The van der Waals surface area contributed by atoms with Gasteiger partial charge in [0.05, 0.1) is 0 Å². The summed E-state index contributed by atoms with van der Waals surface area (Å²) >= 11 is 0. The second-order valence-corrected chi connectivity index (χ2v) is 7.21. The Labute approximate surface area is 151 Å². The first-order valence-electron chi connectivity index (χ1n) is 8.83. The molecule has 1 aromatic heterocycles. The molecule has 2 aromatic carbocycles. The van der Waals surface area contributed by atoms with Gasteiger partial charge in [0.15, 0.2) is 22.7 Å². The zero-order chi connectivity index (χ0) is 19.3. The minimum atomic E-state index is -5.03. The van der Waals surface area contributed by atoms with Crippen molar-refractivity contribution in [3.63, 3.8) is 0 Å². The van der Waals surface area contributed by atoms with Crippen LogP contribution in [0.25, 0.3) is 21.9 Å². The molecule has 0 unspecified atom stereocenters. The molecule has 4 rings (SSSR count). The van der Waals surface area contributed by atoms with E-state index in [9.17, 15) is 17.6 Å². The Kier molecular flexibility index (Phi) is 4.28. The van der Waals surface area contributed by atoms with Crippen LogP contribution in [-0.2, 0) is 0 Å². The molecule has 1 saturated carbocycles. The van der Waals surface area contributed by atoms with Gasteiger partial charge in [-0.3, -0.25) is 0 Å². The highest BCUT2D eigenvalue weighted by Crippen LogP contribution is 2.41. The molecule has 1 aliphatic carbocycles. The summed E-state index contributed by atoms with van der Waals surface area (Å²) in [4.78, 5) is 0. The van der Waals surface area contributed by atoms with Crippen LogP contribution in [-0.4, -0.2) is 6.36 Å². The van der Waals surface area contributed by atoms with Crippen LogP contribution < -0.4 is 4.74 Å². The number of hydrogen-bond acceptors (Lipinski definition) is 2. The van der Waals surface area contributed by atoms with Crippen molar-refractivity contribution in [3.8, 4) is 5.75 Å². The average molecular weight is 384 g/mol. The fourth-order valence-corrected chi connectivity index (χ4v) is 3.92. The van der Waals surface area contributed by atoms with Gasteiger partial charge in [-0.15, -0.1) is 13.2 Å². The van der Waals surface area contributed by atoms with Crippen molar-refractivity contribution in [1.29, 1.82) is 0 Å². The summed E-state index contributed by atoms with van der Waals surface area (Å²) in [5.74, 6) is -2.20. The third kappa shape index (κ3) is 3.24. The minimum Gasteiger partial charge on any atom is -0.450 e. The van der Waals surface area contributed by atoms with Crippen molar-refractivity contribution in [2.24, 2.45) is 5.92 Å². The van der Waals surface area contributed by atoms with E-state index in [0.717, 1.165) is 31.7 Å². The Morgan fingerprint density at radius 2 is 1.48 bits per heavy atom. The van der Waals surface area contributed by atoms with E-state index >= 15 is 4.39 Å². The van der Waals surface area contributed by atoms with E-state index in [2.05, 4.69) is 11.7 Å². The maximum absolute atomic E-state index is 15.1. The Morgan fingerprint density at radius 1 is 0.889 bits per heavy atom. The summed E-state index contributed by atoms with van der Waals surface area (Å²) < 4.78 is 75.7. The maximum Gasteiger partial charge on any atom is 0.573 e. The molecule has 0 amide bonds. The minimum absolute atomic E-state index is 0.0628.